The first-order chi connectivity index (χ1) is 20.5. The molecule has 5 rings (SSSR count). The molecule has 0 aliphatic carbocycles. The van der Waals surface area contributed by atoms with Crippen LogP contribution in [0.1, 0.15) is 67.9 Å². The topological polar surface area (TPSA) is 110 Å². The predicted molar refractivity (Wildman–Crippen MR) is 158 cm³/mol. The molecular formula is C33H30FN5O4. The van der Waals surface area contributed by atoms with Crippen LogP contribution in [0.4, 0.5) is 9.18 Å². The van der Waals surface area contributed by atoms with Gasteiger partial charge in [-0.1, -0.05) is 11.8 Å². The maximum Gasteiger partial charge on any atom is 0.410 e. The van der Waals surface area contributed by atoms with Gasteiger partial charge in [-0.25, -0.2) is 14.2 Å². The van der Waals surface area contributed by atoms with E-state index in [4.69, 9.17) is 14.5 Å². The van der Waals surface area contributed by atoms with Gasteiger partial charge in [0.05, 0.1) is 46.9 Å². The summed E-state index contributed by atoms with van der Waals surface area (Å²) < 4.78 is 27.0. The Bertz CT molecular complexity index is 1890. The standard InChI is InChI=1S/C33H30FN5O4/c1-20-8-9-21(19-36-20)10-11-23-15-22(18-35)16-25-29(23)37-30(27-7-6-14-38(27)32(41)43-33(2,3)4)39(31(25)40)24-12-13-28(42-5)26(34)17-24/h8-9,12-13,15-17,19,27H,6-7,14H2,1-5H3. The predicted octanol–water partition coefficient (Wildman–Crippen LogP) is 5.58. The molecule has 218 valence electrons. The molecule has 1 amide bonds. The van der Waals surface area contributed by atoms with Gasteiger partial charge in [0.1, 0.15) is 11.4 Å². The smallest absolute Gasteiger partial charge is 0.410 e. The Kier molecular flexibility index (Phi) is 7.88. The van der Waals surface area contributed by atoms with Crippen LogP contribution >= 0.6 is 0 Å². The van der Waals surface area contributed by atoms with Gasteiger partial charge in [-0.3, -0.25) is 19.2 Å². The fourth-order valence-corrected chi connectivity index (χ4v) is 4.99. The molecular weight excluding hydrogens is 549 g/mol. The highest BCUT2D eigenvalue weighted by molar-refractivity contribution is 5.86. The van der Waals surface area contributed by atoms with Gasteiger partial charge in [0.15, 0.2) is 11.6 Å². The number of carbonyl (C=O) groups excluding carboxylic acids is 1. The lowest BCUT2D eigenvalue weighted by Crippen LogP contribution is -2.38. The number of nitriles is 1. The second-order valence-electron chi connectivity index (χ2n) is 11.2. The van der Waals surface area contributed by atoms with Gasteiger partial charge in [-0.05, 0) is 76.9 Å². The lowest BCUT2D eigenvalue weighted by atomic mass is 10.0. The van der Waals surface area contributed by atoms with Crippen molar-refractivity contribution < 1.29 is 18.7 Å². The number of halogens is 1. The number of rotatable bonds is 3. The maximum absolute atomic E-state index is 14.9. The average Bonchev–Trinajstić information content (AvgIpc) is 3.46. The van der Waals surface area contributed by atoms with E-state index < -0.39 is 29.1 Å². The SMILES string of the molecule is COc1ccc(-n2c(C3CCCN3C(=O)OC(C)(C)C)nc3c(C#Cc4ccc(C)nc4)cc(C#N)cc3c2=O)cc1F. The summed E-state index contributed by atoms with van der Waals surface area (Å²) in [5.74, 6) is 5.67. The Hall–Kier alpha value is -5.22. The van der Waals surface area contributed by atoms with Crippen molar-refractivity contribution in [2.75, 3.05) is 13.7 Å². The molecule has 2 aromatic carbocycles. The third kappa shape index (κ3) is 6.05. The number of amides is 1. The largest absolute Gasteiger partial charge is 0.494 e. The first-order valence-corrected chi connectivity index (χ1v) is 13.8. The number of hydrogen-bond acceptors (Lipinski definition) is 7. The van der Waals surface area contributed by atoms with Crippen LogP contribution in [0.25, 0.3) is 16.6 Å². The average molecular weight is 580 g/mol. The molecule has 1 unspecified atom stereocenters. The van der Waals surface area contributed by atoms with Crippen LogP contribution in [0.5, 0.6) is 5.75 Å². The minimum atomic E-state index is -0.735. The van der Waals surface area contributed by atoms with Gasteiger partial charge >= 0.3 is 6.09 Å². The minimum absolute atomic E-state index is 0.0123. The zero-order chi connectivity index (χ0) is 30.9. The molecule has 0 spiro atoms. The lowest BCUT2D eigenvalue weighted by molar-refractivity contribution is 0.0216. The van der Waals surface area contributed by atoms with Crippen LogP contribution in [0.2, 0.25) is 0 Å². The maximum atomic E-state index is 14.9. The molecule has 0 radical (unpaired) electrons. The number of fused-ring (bicyclic) bond motifs is 1. The van der Waals surface area contributed by atoms with Gasteiger partial charge in [0.2, 0.25) is 0 Å². The van der Waals surface area contributed by atoms with Crippen LogP contribution in [0, 0.1) is 35.9 Å². The quantitative estimate of drug-likeness (QED) is 0.292. The van der Waals surface area contributed by atoms with Crippen molar-refractivity contribution in [1.82, 2.24) is 19.4 Å². The molecule has 9 nitrogen and oxygen atoms in total. The number of nitrogens with zero attached hydrogens (tertiary/aromatic N) is 5. The molecule has 1 atom stereocenters. The Balaban J connectivity index is 1.78. The highest BCUT2D eigenvalue weighted by atomic mass is 19.1. The van der Waals surface area contributed by atoms with E-state index in [0.717, 1.165) is 5.69 Å². The number of likely N-dealkylation sites (tertiary alicyclic amines) is 1. The molecule has 4 aromatic rings. The van der Waals surface area contributed by atoms with E-state index in [-0.39, 0.29) is 33.7 Å². The minimum Gasteiger partial charge on any atom is -0.494 e. The molecule has 43 heavy (non-hydrogen) atoms. The highest BCUT2D eigenvalue weighted by Gasteiger charge is 2.36. The molecule has 1 saturated heterocycles. The van der Waals surface area contributed by atoms with Crippen LogP contribution in [0.3, 0.4) is 0 Å². The number of methoxy groups -OCH3 is 1. The number of carbonyl (C=O) groups is 1. The van der Waals surface area contributed by atoms with Crippen molar-refractivity contribution in [2.45, 2.75) is 52.2 Å². The van der Waals surface area contributed by atoms with Crippen LogP contribution < -0.4 is 10.3 Å². The molecule has 1 aliphatic heterocycles. The van der Waals surface area contributed by atoms with Crippen molar-refractivity contribution >= 4 is 17.0 Å². The molecule has 0 N–H and O–H groups in total. The summed E-state index contributed by atoms with van der Waals surface area (Å²) in [5.41, 5.74) is 1.28. The van der Waals surface area contributed by atoms with Crippen molar-refractivity contribution in [2.24, 2.45) is 0 Å². The lowest BCUT2D eigenvalue weighted by Gasteiger charge is -2.29. The van der Waals surface area contributed by atoms with Crippen LogP contribution in [-0.2, 0) is 4.74 Å². The summed E-state index contributed by atoms with van der Waals surface area (Å²) in [6.45, 7) is 7.60. The first kappa shape index (κ1) is 29.3. The van der Waals surface area contributed by atoms with Gasteiger partial charge in [-0.2, -0.15) is 5.26 Å². The van der Waals surface area contributed by atoms with E-state index in [1.54, 1.807) is 44.0 Å². The highest BCUT2D eigenvalue weighted by Crippen LogP contribution is 2.34. The zero-order valence-electron chi connectivity index (χ0n) is 24.6. The Morgan fingerprint density at radius 3 is 2.56 bits per heavy atom. The van der Waals surface area contributed by atoms with Gasteiger partial charge in [0.25, 0.3) is 5.56 Å². The van der Waals surface area contributed by atoms with E-state index in [0.29, 0.717) is 30.5 Å². The summed E-state index contributed by atoms with van der Waals surface area (Å²) in [6.07, 6.45) is 2.25. The van der Waals surface area contributed by atoms with E-state index in [1.807, 2.05) is 19.1 Å². The van der Waals surface area contributed by atoms with Gasteiger partial charge in [-0.15, -0.1) is 0 Å². The monoisotopic (exact) mass is 579 g/mol. The fourth-order valence-electron chi connectivity index (χ4n) is 4.99. The van der Waals surface area contributed by atoms with Crippen molar-refractivity contribution in [3.8, 4) is 29.3 Å². The molecule has 3 heterocycles. The van der Waals surface area contributed by atoms with E-state index in [9.17, 15) is 19.2 Å². The number of ether oxygens (including phenoxy) is 2. The van der Waals surface area contributed by atoms with Crippen molar-refractivity contribution in [1.29, 1.82) is 5.26 Å². The summed E-state index contributed by atoms with van der Waals surface area (Å²) in [4.78, 5) is 38.3. The molecule has 2 aromatic heterocycles. The van der Waals surface area contributed by atoms with E-state index in [1.165, 1.54) is 29.9 Å². The van der Waals surface area contributed by atoms with E-state index in [2.05, 4.69) is 22.9 Å². The van der Waals surface area contributed by atoms with Crippen molar-refractivity contribution in [3.05, 3.63) is 93.0 Å². The Morgan fingerprint density at radius 2 is 1.91 bits per heavy atom. The summed E-state index contributed by atoms with van der Waals surface area (Å²) in [7, 11) is 1.35. The number of benzene rings is 2. The molecule has 1 fully saturated rings. The number of hydrogen-bond donors (Lipinski definition) is 0. The molecule has 10 heteroatoms. The zero-order valence-corrected chi connectivity index (χ0v) is 24.6. The third-order valence-electron chi connectivity index (χ3n) is 6.95. The van der Waals surface area contributed by atoms with Gasteiger partial charge < -0.3 is 9.47 Å². The normalized spacial score (nSPS) is 14.6. The number of aryl methyl sites for hydroxylation is 1. The molecule has 0 saturated carbocycles. The summed E-state index contributed by atoms with van der Waals surface area (Å²) >= 11 is 0. The van der Waals surface area contributed by atoms with E-state index >= 15 is 0 Å². The van der Waals surface area contributed by atoms with Gasteiger partial charge in [0, 0.05) is 30.1 Å². The Labute approximate surface area is 248 Å². The second-order valence-corrected chi connectivity index (χ2v) is 11.2. The summed E-state index contributed by atoms with van der Waals surface area (Å²) in [6, 6.07) is 12.3. The summed E-state index contributed by atoms with van der Waals surface area (Å²) in [5, 5.41) is 9.90. The Morgan fingerprint density at radius 1 is 1.12 bits per heavy atom. The van der Waals surface area contributed by atoms with Crippen LogP contribution in [-0.4, -0.2) is 44.8 Å². The third-order valence-corrected chi connectivity index (χ3v) is 6.95. The number of pyridine rings is 1. The second kappa shape index (κ2) is 11.6. The molecule has 1 aliphatic rings. The van der Waals surface area contributed by atoms with Crippen LogP contribution in [0.15, 0.2) is 53.5 Å². The van der Waals surface area contributed by atoms with Crippen molar-refractivity contribution in [3.63, 3.8) is 0 Å². The first-order valence-electron chi connectivity index (χ1n) is 13.8. The fraction of sp³-hybridized carbons (Fsp3) is 0.303. The molecule has 0 bridgehead atoms. The number of aromatic nitrogens is 3.